The van der Waals surface area contributed by atoms with Crippen molar-refractivity contribution in [1.82, 2.24) is 4.98 Å². The third kappa shape index (κ3) is 3.13. The molecule has 1 atom stereocenters. The number of carboxylic acids is 1. The molecule has 0 bridgehead atoms. The SMILES string of the molecule is CCN(c1nc2ccccc2cc1C(=O)O)C(C)COC. The highest BCUT2D eigenvalue weighted by molar-refractivity contribution is 5.98. The molecule has 112 valence electrons. The molecule has 1 unspecified atom stereocenters. The molecule has 2 rings (SSSR count). The van der Waals surface area contributed by atoms with Crippen molar-refractivity contribution in [3.63, 3.8) is 0 Å². The Morgan fingerprint density at radius 1 is 1.43 bits per heavy atom. The van der Waals surface area contributed by atoms with Crippen LogP contribution in [-0.4, -0.2) is 42.4 Å². The number of para-hydroxylation sites is 1. The Bertz CT molecular complexity index is 642. The van der Waals surface area contributed by atoms with E-state index < -0.39 is 5.97 Å². The Labute approximate surface area is 124 Å². The van der Waals surface area contributed by atoms with Gasteiger partial charge in [0.15, 0.2) is 0 Å². The Morgan fingerprint density at radius 2 is 2.14 bits per heavy atom. The van der Waals surface area contributed by atoms with E-state index in [4.69, 9.17) is 4.74 Å². The van der Waals surface area contributed by atoms with Crippen LogP contribution < -0.4 is 4.90 Å². The molecule has 1 aromatic carbocycles. The first-order valence-electron chi connectivity index (χ1n) is 6.97. The van der Waals surface area contributed by atoms with Crippen molar-refractivity contribution >= 4 is 22.7 Å². The zero-order chi connectivity index (χ0) is 15.4. The number of benzene rings is 1. The normalized spacial score (nSPS) is 12.3. The first-order chi connectivity index (χ1) is 10.1. The number of rotatable bonds is 6. The molecule has 2 aromatic rings. The molecule has 1 aromatic heterocycles. The van der Waals surface area contributed by atoms with E-state index in [-0.39, 0.29) is 11.6 Å². The lowest BCUT2D eigenvalue weighted by Gasteiger charge is -2.29. The van der Waals surface area contributed by atoms with Crippen LogP contribution in [0.3, 0.4) is 0 Å². The number of methoxy groups -OCH3 is 1. The number of ether oxygens (including phenoxy) is 1. The highest BCUT2D eigenvalue weighted by Crippen LogP contribution is 2.25. The van der Waals surface area contributed by atoms with E-state index in [9.17, 15) is 9.90 Å². The first kappa shape index (κ1) is 15.3. The summed E-state index contributed by atoms with van der Waals surface area (Å²) < 4.78 is 5.18. The number of nitrogens with zero attached hydrogens (tertiary/aromatic N) is 2. The fraction of sp³-hybridized carbons (Fsp3) is 0.375. The molecular weight excluding hydrogens is 268 g/mol. The van der Waals surface area contributed by atoms with Gasteiger partial charge in [0.05, 0.1) is 18.2 Å². The molecule has 0 amide bonds. The molecule has 0 aliphatic heterocycles. The lowest BCUT2D eigenvalue weighted by molar-refractivity contribution is 0.0697. The van der Waals surface area contributed by atoms with Crippen LogP contribution in [0.15, 0.2) is 30.3 Å². The van der Waals surface area contributed by atoms with Gasteiger partial charge < -0.3 is 14.7 Å². The van der Waals surface area contributed by atoms with E-state index in [2.05, 4.69) is 4.98 Å². The van der Waals surface area contributed by atoms with E-state index in [1.807, 2.05) is 43.0 Å². The van der Waals surface area contributed by atoms with Crippen molar-refractivity contribution < 1.29 is 14.6 Å². The molecule has 0 fully saturated rings. The lowest BCUT2D eigenvalue weighted by atomic mass is 10.1. The van der Waals surface area contributed by atoms with Crippen LogP contribution in [-0.2, 0) is 4.74 Å². The van der Waals surface area contributed by atoms with Gasteiger partial charge in [-0.25, -0.2) is 9.78 Å². The number of carbonyl (C=O) groups is 1. The zero-order valence-electron chi connectivity index (χ0n) is 12.5. The van der Waals surface area contributed by atoms with Crippen LogP contribution in [0.25, 0.3) is 10.9 Å². The fourth-order valence-electron chi connectivity index (χ4n) is 2.48. The van der Waals surface area contributed by atoms with Crippen LogP contribution in [0.5, 0.6) is 0 Å². The van der Waals surface area contributed by atoms with Crippen LogP contribution in [0.4, 0.5) is 5.82 Å². The number of carboxylic acid groups (broad SMARTS) is 1. The number of likely N-dealkylation sites (N-methyl/N-ethyl adjacent to an activating group) is 1. The summed E-state index contributed by atoms with van der Waals surface area (Å²) in [6, 6.07) is 9.26. The molecule has 0 spiro atoms. The van der Waals surface area contributed by atoms with E-state index in [1.54, 1.807) is 13.2 Å². The van der Waals surface area contributed by atoms with Gasteiger partial charge in [-0.2, -0.15) is 0 Å². The zero-order valence-corrected chi connectivity index (χ0v) is 12.5. The van der Waals surface area contributed by atoms with Gasteiger partial charge >= 0.3 is 5.97 Å². The largest absolute Gasteiger partial charge is 0.478 e. The summed E-state index contributed by atoms with van der Waals surface area (Å²) in [5, 5.41) is 10.3. The molecule has 5 nitrogen and oxygen atoms in total. The van der Waals surface area contributed by atoms with E-state index in [0.717, 1.165) is 10.9 Å². The minimum atomic E-state index is -0.966. The maximum absolute atomic E-state index is 11.6. The van der Waals surface area contributed by atoms with Gasteiger partial charge in [-0.3, -0.25) is 0 Å². The predicted octanol–water partition coefficient (Wildman–Crippen LogP) is 2.79. The summed E-state index contributed by atoms with van der Waals surface area (Å²) in [7, 11) is 1.64. The standard InChI is InChI=1S/C16H20N2O3/c1-4-18(11(2)10-21-3)15-13(16(19)20)9-12-7-5-6-8-14(12)17-15/h5-9,11H,4,10H2,1-3H3,(H,19,20). The second kappa shape index (κ2) is 6.54. The second-order valence-corrected chi connectivity index (χ2v) is 4.95. The molecule has 0 aliphatic carbocycles. The van der Waals surface area contributed by atoms with Crippen molar-refractivity contribution in [2.45, 2.75) is 19.9 Å². The number of hydrogen-bond acceptors (Lipinski definition) is 4. The first-order valence-corrected chi connectivity index (χ1v) is 6.97. The molecule has 21 heavy (non-hydrogen) atoms. The number of aromatic nitrogens is 1. The van der Waals surface area contributed by atoms with Crippen LogP contribution >= 0.6 is 0 Å². The molecular formula is C16H20N2O3. The topological polar surface area (TPSA) is 62.7 Å². The molecule has 0 radical (unpaired) electrons. The van der Waals surface area contributed by atoms with E-state index >= 15 is 0 Å². The Kier molecular flexibility index (Phi) is 4.75. The van der Waals surface area contributed by atoms with E-state index in [0.29, 0.717) is 19.0 Å². The monoisotopic (exact) mass is 288 g/mol. The van der Waals surface area contributed by atoms with Gasteiger partial charge in [-0.15, -0.1) is 0 Å². The van der Waals surface area contributed by atoms with Gasteiger partial charge in [-0.05, 0) is 26.0 Å². The van der Waals surface area contributed by atoms with Crippen LogP contribution in [0, 0.1) is 0 Å². The van der Waals surface area contributed by atoms with Gasteiger partial charge in [0.1, 0.15) is 11.4 Å². The van der Waals surface area contributed by atoms with E-state index in [1.165, 1.54) is 0 Å². The summed E-state index contributed by atoms with van der Waals surface area (Å²) in [4.78, 5) is 18.1. The maximum Gasteiger partial charge on any atom is 0.339 e. The maximum atomic E-state index is 11.6. The molecule has 5 heteroatoms. The summed E-state index contributed by atoms with van der Waals surface area (Å²) in [5.74, 6) is -0.473. The summed E-state index contributed by atoms with van der Waals surface area (Å²) in [5.41, 5.74) is 1.01. The summed E-state index contributed by atoms with van der Waals surface area (Å²) in [6.07, 6.45) is 0. The Morgan fingerprint density at radius 3 is 2.76 bits per heavy atom. The third-order valence-electron chi connectivity index (χ3n) is 3.49. The highest BCUT2D eigenvalue weighted by Gasteiger charge is 2.21. The van der Waals surface area contributed by atoms with Crippen molar-refractivity contribution in [3.05, 3.63) is 35.9 Å². The van der Waals surface area contributed by atoms with Crippen molar-refractivity contribution in [3.8, 4) is 0 Å². The quantitative estimate of drug-likeness (QED) is 0.885. The number of hydrogen-bond donors (Lipinski definition) is 1. The van der Waals surface area contributed by atoms with Gasteiger partial charge in [-0.1, -0.05) is 18.2 Å². The predicted molar refractivity (Wildman–Crippen MR) is 83.1 cm³/mol. The molecule has 1 N–H and O–H groups in total. The van der Waals surface area contributed by atoms with Crippen LogP contribution in [0.1, 0.15) is 24.2 Å². The summed E-state index contributed by atoms with van der Waals surface area (Å²) >= 11 is 0. The number of pyridine rings is 1. The summed E-state index contributed by atoms with van der Waals surface area (Å²) in [6.45, 7) is 5.15. The fourth-order valence-corrected chi connectivity index (χ4v) is 2.48. The number of anilines is 1. The molecule has 1 heterocycles. The Balaban J connectivity index is 2.58. The second-order valence-electron chi connectivity index (χ2n) is 4.95. The third-order valence-corrected chi connectivity index (χ3v) is 3.49. The van der Waals surface area contributed by atoms with Gasteiger partial charge in [0.2, 0.25) is 0 Å². The minimum absolute atomic E-state index is 0.0479. The highest BCUT2D eigenvalue weighted by atomic mass is 16.5. The van der Waals surface area contributed by atoms with Gasteiger partial charge in [0, 0.05) is 19.0 Å². The Hall–Kier alpha value is -2.14. The molecule has 0 saturated heterocycles. The van der Waals surface area contributed by atoms with Crippen molar-refractivity contribution in [1.29, 1.82) is 0 Å². The van der Waals surface area contributed by atoms with Crippen LogP contribution in [0.2, 0.25) is 0 Å². The number of aromatic carboxylic acids is 1. The smallest absolute Gasteiger partial charge is 0.339 e. The van der Waals surface area contributed by atoms with Crippen molar-refractivity contribution in [2.24, 2.45) is 0 Å². The number of fused-ring (bicyclic) bond motifs is 1. The van der Waals surface area contributed by atoms with Crippen molar-refractivity contribution in [2.75, 3.05) is 25.2 Å². The average Bonchev–Trinajstić information content (AvgIpc) is 2.47. The lowest BCUT2D eigenvalue weighted by Crippen LogP contribution is -2.37. The minimum Gasteiger partial charge on any atom is -0.478 e. The van der Waals surface area contributed by atoms with Gasteiger partial charge in [0.25, 0.3) is 0 Å². The molecule has 0 saturated carbocycles. The molecule has 0 aliphatic rings. The average molecular weight is 288 g/mol.